The van der Waals surface area contributed by atoms with Crippen molar-refractivity contribution < 1.29 is 4.79 Å². The molecule has 0 aliphatic carbocycles. The summed E-state index contributed by atoms with van der Waals surface area (Å²) in [6.45, 7) is 6.10. The summed E-state index contributed by atoms with van der Waals surface area (Å²) in [7, 11) is 0. The summed E-state index contributed by atoms with van der Waals surface area (Å²) in [5, 5.41) is 0. The molecule has 0 heterocycles. The van der Waals surface area contributed by atoms with E-state index >= 15 is 0 Å². The van der Waals surface area contributed by atoms with Crippen molar-refractivity contribution in [1.82, 2.24) is 0 Å². The Morgan fingerprint density at radius 1 is 0.708 bits per heavy atom. The van der Waals surface area contributed by atoms with Gasteiger partial charge < -0.3 is 0 Å². The largest absolute Gasteiger partial charge is 0.299 e. The van der Waals surface area contributed by atoms with Gasteiger partial charge in [0, 0.05) is 12.3 Å². The Morgan fingerprint density at radius 3 is 1.54 bits per heavy atom. The first-order valence-corrected chi connectivity index (χ1v) is 9.46. The highest BCUT2D eigenvalue weighted by atomic mass is 16.1. The van der Waals surface area contributed by atoms with Crippen LogP contribution in [0.2, 0.25) is 0 Å². The Bertz CT molecular complexity index is 433. The van der Waals surface area contributed by atoms with Crippen LogP contribution in [0, 0.1) is 5.92 Å². The average Bonchev–Trinajstić information content (AvgIpc) is 2.57. The minimum atomic E-state index is 0.179. The van der Waals surface area contributed by atoms with Crippen LogP contribution in [0.25, 0.3) is 0 Å². The van der Waals surface area contributed by atoms with E-state index in [0.717, 1.165) is 44.9 Å². The van der Waals surface area contributed by atoms with Gasteiger partial charge in [-0.2, -0.15) is 0 Å². The van der Waals surface area contributed by atoms with Crippen molar-refractivity contribution in [2.45, 2.75) is 72.1 Å². The Hall–Kier alpha value is -1.63. The van der Waals surface area contributed by atoms with Gasteiger partial charge in [-0.05, 0) is 44.9 Å². The highest BCUT2D eigenvalue weighted by Crippen LogP contribution is 2.05. The summed E-state index contributed by atoms with van der Waals surface area (Å²) in [6, 6.07) is 0. The molecule has 0 saturated heterocycles. The maximum Gasteiger partial charge on any atom is 0.135 e. The highest BCUT2D eigenvalue weighted by Gasteiger charge is 2.04. The lowest BCUT2D eigenvalue weighted by Crippen LogP contribution is -2.05. The Balaban J connectivity index is 3.52. The molecule has 0 unspecified atom stereocenters. The lowest BCUT2D eigenvalue weighted by atomic mass is 10.0. The average molecular weight is 329 g/mol. The van der Waals surface area contributed by atoms with Crippen LogP contribution >= 0.6 is 0 Å². The van der Waals surface area contributed by atoms with Gasteiger partial charge in [0.15, 0.2) is 0 Å². The van der Waals surface area contributed by atoms with E-state index in [9.17, 15) is 4.79 Å². The zero-order valence-electron chi connectivity index (χ0n) is 15.9. The molecule has 1 heteroatoms. The van der Waals surface area contributed by atoms with Gasteiger partial charge in [0.2, 0.25) is 0 Å². The molecule has 0 fully saturated rings. The van der Waals surface area contributed by atoms with Crippen molar-refractivity contribution in [3.63, 3.8) is 0 Å². The number of unbranched alkanes of at least 4 members (excludes halogenated alkanes) is 1. The maximum absolute atomic E-state index is 11.5. The molecule has 0 aliphatic rings. The van der Waals surface area contributed by atoms with E-state index < -0.39 is 0 Å². The molecule has 0 radical (unpaired) electrons. The molecule has 0 aromatic heterocycles. The fourth-order valence-electron chi connectivity index (χ4n) is 2.05. The van der Waals surface area contributed by atoms with Gasteiger partial charge in [-0.1, -0.05) is 81.5 Å². The third kappa shape index (κ3) is 16.7. The molecule has 0 N–H and O–H groups in total. The molecule has 0 saturated carbocycles. The zero-order chi connectivity index (χ0) is 17.9. The Morgan fingerprint density at radius 2 is 1.12 bits per heavy atom. The van der Waals surface area contributed by atoms with Crippen LogP contribution in [0.15, 0.2) is 60.8 Å². The van der Waals surface area contributed by atoms with Gasteiger partial charge in [-0.15, -0.1) is 0 Å². The molecule has 0 amide bonds. The normalized spacial score (nSPS) is 13.0. The molecule has 0 aromatic rings. The Labute approximate surface area is 149 Å². The van der Waals surface area contributed by atoms with Crippen LogP contribution in [0.3, 0.4) is 0 Å². The van der Waals surface area contributed by atoms with Crippen molar-refractivity contribution in [1.29, 1.82) is 0 Å². The van der Waals surface area contributed by atoms with Gasteiger partial charge in [0.1, 0.15) is 5.78 Å². The monoisotopic (exact) mass is 328 g/mol. The molecule has 0 bridgehead atoms. The maximum atomic E-state index is 11.5. The van der Waals surface area contributed by atoms with E-state index in [-0.39, 0.29) is 5.92 Å². The van der Waals surface area contributed by atoms with Gasteiger partial charge in [0.25, 0.3) is 0 Å². The van der Waals surface area contributed by atoms with E-state index in [0.29, 0.717) is 12.2 Å². The number of allylic oxidation sites excluding steroid dienone is 10. The van der Waals surface area contributed by atoms with Gasteiger partial charge >= 0.3 is 0 Å². The molecule has 0 rings (SSSR count). The molecule has 0 atom stereocenters. The van der Waals surface area contributed by atoms with Crippen molar-refractivity contribution in [2.75, 3.05) is 0 Å². The third-order valence-electron chi connectivity index (χ3n) is 3.60. The van der Waals surface area contributed by atoms with Crippen molar-refractivity contribution in [3.05, 3.63) is 60.8 Å². The molecule has 24 heavy (non-hydrogen) atoms. The number of hydrogen-bond acceptors (Lipinski definition) is 1. The predicted molar refractivity (Wildman–Crippen MR) is 108 cm³/mol. The lowest BCUT2D eigenvalue weighted by molar-refractivity contribution is -0.121. The van der Waals surface area contributed by atoms with E-state index in [1.807, 2.05) is 13.8 Å². The number of hydrogen-bond donors (Lipinski definition) is 0. The Kier molecular flexibility index (Phi) is 16.5. The molecular formula is C23H36O. The second-order valence-electron chi connectivity index (χ2n) is 6.22. The van der Waals surface area contributed by atoms with E-state index in [1.165, 1.54) is 0 Å². The summed E-state index contributed by atoms with van der Waals surface area (Å²) >= 11 is 0. The number of carbonyl (C=O) groups is 1. The number of carbonyl (C=O) groups excluding carboxylic acids is 1. The SMILES string of the molecule is CC/C=C\C/C=C\C/C=C\C/C=C\C/C=C\CCCC(=O)C(C)C. The molecule has 0 aromatic carbocycles. The minimum absolute atomic E-state index is 0.179. The molecule has 0 spiro atoms. The smallest absolute Gasteiger partial charge is 0.135 e. The number of rotatable bonds is 14. The predicted octanol–water partition coefficient (Wildman–Crippen LogP) is 7.13. The summed E-state index contributed by atoms with van der Waals surface area (Å²) in [5.74, 6) is 0.556. The molecule has 1 nitrogen and oxygen atoms in total. The fourth-order valence-corrected chi connectivity index (χ4v) is 2.05. The van der Waals surface area contributed by atoms with Crippen LogP contribution in [-0.4, -0.2) is 5.78 Å². The van der Waals surface area contributed by atoms with Gasteiger partial charge in [-0.3, -0.25) is 4.79 Å². The van der Waals surface area contributed by atoms with E-state index in [2.05, 4.69) is 67.7 Å². The van der Waals surface area contributed by atoms with E-state index in [4.69, 9.17) is 0 Å². The number of Topliss-reactive ketones (excluding diaryl/α,β-unsaturated/α-hetero) is 1. The topological polar surface area (TPSA) is 17.1 Å². The van der Waals surface area contributed by atoms with Crippen LogP contribution in [0.4, 0.5) is 0 Å². The van der Waals surface area contributed by atoms with E-state index in [1.54, 1.807) is 0 Å². The lowest BCUT2D eigenvalue weighted by Gasteiger charge is -2.01. The van der Waals surface area contributed by atoms with Gasteiger partial charge in [-0.25, -0.2) is 0 Å². The second-order valence-corrected chi connectivity index (χ2v) is 6.22. The molecular weight excluding hydrogens is 292 g/mol. The van der Waals surface area contributed by atoms with Crippen LogP contribution < -0.4 is 0 Å². The highest BCUT2D eigenvalue weighted by molar-refractivity contribution is 5.80. The standard InChI is InChI=1S/C23H36O/c1-4-5-6-7-8-9-10-11-12-13-14-15-16-17-18-19-20-21-23(24)22(2)3/h5-6,8-9,11-12,14-15,17-18,22H,4,7,10,13,16,19-21H2,1-3H3/b6-5-,9-8-,12-11-,15-14-,18-17-. The number of ketones is 1. The second kappa shape index (κ2) is 17.7. The van der Waals surface area contributed by atoms with Gasteiger partial charge in [0.05, 0.1) is 0 Å². The summed E-state index contributed by atoms with van der Waals surface area (Å²) in [5.41, 5.74) is 0. The van der Waals surface area contributed by atoms with Crippen LogP contribution in [0.5, 0.6) is 0 Å². The summed E-state index contributed by atoms with van der Waals surface area (Å²) < 4.78 is 0. The molecule has 0 aliphatic heterocycles. The van der Waals surface area contributed by atoms with Crippen LogP contribution in [-0.2, 0) is 4.79 Å². The summed E-state index contributed by atoms with van der Waals surface area (Å²) in [4.78, 5) is 11.5. The first-order chi connectivity index (χ1) is 11.7. The van der Waals surface area contributed by atoms with Crippen molar-refractivity contribution in [3.8, 4) is 0 Å². The van der Waals surface area contributed by atoms with Crippen LogP contribution in [0.1, 0.15) is 72.1 Å². The first-order valence-electron chi connectivity index (χ1n) is 9.46. The fraction of sp³-hybridized carbons (Fsp3) is 0.522. The first kappa shape index (κ1) is 22.4. The summed E-state index contributed by atoms with van der Waals surface area (Å²) in [6.07, 6.45) is 29.9. The third-order valence-corrected chi connectivity index (χ3v) is 3.60. The minimum Gasteiger partial charge on any atom is -0.299 e. The zero-order valence-corrected chi connectivity index (χ0v) is 15.9. The van der Waals surface area contributed by atoms with Crippen molar-refractivity contribution in [2.24, 2.45) is 5.92 Å². The molecule has 134 valence electrons. The quantitative estimate of drug-likeness (QED) is 0.245. The van der Waals surface area contributed by atoms with Crippen molar-refractivity contribution >= 4 is 5.78 Å².